The van der Waals surface area contributed by atoms with E-state index in [4.69, 9.17) is 4.98 Å². The SMILES string of the molecule is CCCc1cc(CNC2CC2)cc(N2CCC(C)(C)C2)n1. The third kappa shape index (κ3) is 3.97. The number of nitrogens with zero attached hydrogens (tertiary/aromatic N) is 2. The number of hydrogen-bond donors (Lipinski definition) is 1. The molecule has 1 N–H and O–H groups in total. The molecule has 0 atom stereocenters. The Bertz CT molecular complexity index is 491. The van der Waals surface area contributed by atoms with Crippen LogP contribution in [0.5, 0.6) is 0 Å². The minimum atomic E-state index is 0.425. The molecule has 1 aromatic rings. The number of pyridine rings is 1. The summed E-state index contributed by atoms with van der Waals surface area (Å²) < 4.78 is 0. The Morgan fingerprint density at radius 1 is 1.33 bits per heavy atom. The average molecular weight is 287 g/mol. The molecule has 0 aromatic carbocycles. The van der Waals surface area contributed by atoms with Crippen molar-refractivity contribution < 1.29 is 0 Å². The van der Waals surface area contributed by atoms with Crippen LogP contribution in [0, 0.1) is 5.41 Å². The van der Waals surface area contributed by atoms with Crippen LogP contribution in [0.2, 0.25) is 0 Å². The molecule has 3 nitrogen and oxygen atoms in total. The molecular weight excluding hydrogens is 258 g/mol. The van der Waals surface area contributed by atoms with E-state index >= 15 is 0 Å². The van der Waals surface area contributed by atoms with Crippen molar-refractivity contribution in [3.63, 3.8) is 0 Å². The minimum absolute atomic E-state index is 0.425. The molecule has 1 saturated heterocycles. The summed E-state index contributed by atoms with van der Waals surface area (Å²) in [6.45, 7) is 10.2. The first-order valence-electron chi connectivity index (χ1n) is 8.54. The summed E-state index contributed by atoms with van der Waals surface area (Å²) in [7, 11) is 0. The van der Waals surface area contributed by atoms with E-state index in [0.29, 0.717) is 5.41 Å². The summed E-state index contributed by atoms with van der Waals surface area (Å²) in [5.74, 6) is 1.19. The largest absolute Gasteiger partial charge is 0.356 e. The van der Waals surface area contributed by atoms with Gasteiger partial charge in [0.05, 0.1) is 0 Å². The van der Waals surface area contributed by atoms with Crippen LogP contribution in [-0.2, 0) is 13.0 Å². The standard InChI is InChI=1S/C18H29N3/c1-4-5-16-10-14(12-19-15-6-7-15)11-17(20-16)21-9-8-18(2,3)13-21/h10-11,15,19H,4-9,12-13H2,1-3H3. The Balaban J connectivity index is 1.77. The topological polar surface area (TPSA) is 28.2 Å². The molecule has 0 amide bonds. The lowest BCUT2D eigenvalue weighted by molar-refractivity contribution is 0.418. The van der Waals surface area contributed by atoms with Crippen LogP contribution in [0.25, 0.3) is 0 Å². The number of anilines is 1. The first-order chi connectivity index (χ1) is 10.1. The molecular formula is C18H29N3. The fourth-order valence-corrected chi connectivity index (χ4v) is 3.14. The van der Waals surface area contributed by atoms with Gasteiger partial charge in [0.25, 0.3) is 0 Å². The van der Waals surface area contributed by atoms with Gasteiger partial charge >= 0.3 is 0 Å². The van der Waals surface area contributed by atoms with Crippen LogP contribution in [0.4, 0.5) is 5.82 Å². The van der Waals surface area contributed by atoms with Gasteiger partial charge in [0.2, 0.25) is 0 Å². The predicted octanol–water partition coefficient (Wildman–Crippen LogP) is 3.52. The summed E-state index contributed by atoms with van der Waals surface area (Å²) in [4.78, 5) is 7.38. The van der Waals surface area contributed by atoms with Gasteiger partial charge in [-0.3, -0.25) is 0 Å². The van der Waals surface area contributed by atoms with Crippen molar-refractivity contribution in [2.75, 3.05) is 18.0 Å². The van der Waals surface area contributed by atoms with E-state index < -0.39 is 0 Å². The fourth-order valence-electron chi connectivity index (χ4n) is 3.14. The number of rotatable bonds is 6. The second-order valence-electron chi connectivity index (χ2n) is 7.57. The van der Waals surface area contributed by atoms with Crippen LogP contribution < -0.4 is 10.2 Å². The van der Waals surface area contributed by atoms with Gasteiger partial charge in [0.1, 0.15) is 5.82 Å². The summed E-state index contributed by atoms with van der Waals surface area (Å²) in [6.07, 6.45) is 6.21. The van der Waals surface area contributed by atoms with Gasteiger partial charge < -0.3 is 10.2 Å². The Morgan fingerprint density at radius 2 is 2.14 bits per heavy atom. The molecule has 1 aliphatic heterocycles. The molecule has 3 heteroatoms. The van der Waals surface area contributed by atoms with Crippen LogP contribution in [0.3, 0.4) is 0 Å². The van der Waals surface area contributed by atoms with Gasteiger partial charge in [-0.25, -0.2) is 4.98 Å². The molecule has 3 rings (SSSR count). The van der Waals surface area contributed by atoms with E-state index in [1.54, 1.807) is 0 Å². The first kappa shape index (κ1) is 14.8. The Morgan fingerprint density at radius 3 is 2.76 bits per heavy atom. The zero-order chi connectivity index (χ0) is 14.9. The van der Waals surface area contributed by atoms with E-state index in [1.807, 2.05) is 0 Å². The molecule has 1 aliphatic carbocycles. The molecule has 2 aliphatic rings. The van der Waals surface area contributed by atoms with Crippen molar-refractivity contribution in [1.29, 1.82) is 0 Å². The average Bonchev–Trinajstić information content (AvgIpc) is 3.19. The van der Waals surface area contributed by atoms with Crippen LogP contribution in [0.15, 0.2) is 12.1 Å². The molecule has 0 spiro atoms. The smallest absolute Gasteiger partial charge is 0.129 e. The van der Waals surface area contributed by atoms with E-state index in [-0.39, 0.29) is 0 Å². The highest BCUT2D eigenvalue weighted by Gasteiger charge is 2.30. The lowest BCUT2D eigenvalue weighted by Gasteiger charge is -2.22. The summed E-state index contributed by atoms with van der Waals surface area (Å²) in [6, 6.07) is 5.36. The number of aryl methyl sites for hydroxylation is 1. The lowest BCUT2D eigenvalue weighted by Crippen LogP contribution is -2.24. The third-order valence-corrected chi connectivity index (χ3v) is 4.60. The molecule has 116 valence electrons. The molecule has 0 radical (unpaired) electrons. The van der Waals surface area contributed by atoms with Gasteiger partial charge in [-0.15, -0.1) is 0 Å². The van der Waals surface area contributed by atoms with E-state index in [9.17, 15) is 0 Å². The van der Waals surface area contributed by atoms with E-state index in [2.05, 4.69) is 43.1 Å². The minimum Gasteiger partial charge on any atom is -0.356 e. The lowest BCUT2D eigenvalue weighted by atomic mass is 9.93. The van der Waals surface area contributed by atoms with Gasteiger partial charge in [-0.05, 0) is 48.8 Å². The van der Waals surface area contributed by atoms with E-state index in [0.717, 1.165) is 38.5 Å². The molecule has 2 fully saturated rings. The Hall–Kier alpha value is -1.09. The highest BCUT2D eigenvalue weighted by molar-refractivity contribution is 5.44. The normalized spacial score (nSPS) is 21.0. The van der Waals surface area contributed by atoms with Crippen LogP contribution in [-0.4, -0.2) is 24.1 Å². The fraction of sp³-hybridized carbons (Fsp3) is 0.722. The highest BCUT2D eigenvalue weighted by atomic mass is 15.2. The number of hydrogen-bond acceptors (Lipinski definition) is 3. The molecule has 0 bridgehead atoms. The Labute approximate surface area is 129 Å². The maximum absolute atomic E-state index is 4.91. The molecule has 1 aromatic heterocycles. The summed E-state index contributed by atoms with van der Waals surface area (Å²) >= 11 is 0. The van der Waals surface area contributed by atoms with Crippen molar-refractivity contribution in [3.05, 3.63) is 23.4 Å². The number of nitrogens with one attached hydrogen (secondary N) is 1. The third-order valence-electron chi connectivity index (χ3n) is 4.60. The molecule has 2 heterocycles. The summed E-state index contributed by atoms with van der Waals surface area (Å²) in [5, 5.41) is 3.63. The van der Waals surface area contributed by atoms with Gasteiger partial charge in [0.15, 0.2) is 0 Å². The van der Waals surface area contributed by atoms with Gasteiger partial charge in [-0.2, -0.15) is 0 Å². The van der Waals surface area contributed by atoms with Crippen molar-refractivity contribution in [1.82, 2.24) is 10.3 Å². The Kier molecular flexibility index (Phi) is 4.21. The van der Waals surface area contributed by atoms with Crippen LogP contribution >= 0.6 is 0 Å². The van der Waals surface area contributed by atoms with Crippen molar-refractivity contribution in [2.24, 2.45) is 5.41 Å². The number of aromatic nitrogens is 1. The second-order valence-corrected chi connectivity index (χ2v) is 7.57. The van der Waals surface area contributed by atoms with E-state index in [1.165, 1.54) is 36.3 Å². The maximum Gasteiger partial charge on any atom is 0.129 e. The maximum atomic E-state index is 4.91. The van der Waals surface area contributed by atoms with Crippen LogP contribution in [0.1, 0.15) is 57.7 Å². The zero-order valence-corrected chi connectivity index (χ0v) is 13.8. The van der Waals surface area contributed by atoms with Crippen molar-refractivity contribution in [3.8, 4) is 0 Å². The highest BCUT2D eigenvalue weighted by Crippen LogP contribution is 2.32. The summed E-state index contributed by atoms with van der Waals surface area (Å²) in [5.41, 5.74) is 3.09. The molecule has 0 unspecified atom stereocenters. The first-order valence-corrected chi connectivity index (χ1v) is 8.54. The zero-order valence-electron chi connectivity index (χ0n) is 13.8. The molecule has 1 saturated carbocycles. The molecule has 21 heavy (non-hydrogen) atoms. The monoisotopic (exact) mass is 287 g/mol. The second kappa shape index (κ2) is 5.96. The predicted molar refractivity (Wildman–Crippen MR) is 88.7 cm³/mol. The van der Waals surface area contributed by atoms with Crippen molar-refractivity contribution in [2.45, 2.75) is 65.5 Å². The van der Waals surface area contributed by atoms with Crippen molar-refractivity contribution >= 4 is 5.82 Å². The quantitative estimate of drug-likeness (QED) is 0.867. The van der Waals surface area contributed by atoms with Gasteiger partial charge in [0, 0.05) is 31.4 Å². The van der Waals surface area contributed by atoms with Gasteiger partial charge in [-0.1, -0.05) is 27.2 Å².